The molecule has 0 amide bonds. The molecule has 2 nitrogen and oxygen atoms in total. The first kappa shape index (κ1) is 7.66. The summed E-state index contributed by atoms with van der Waals surface area (Å²) < 4.78 is 0. The van der Waals surface area contributed by atoms with Crippen molar-refractivity contribution in [3.05, 3.63) is 36.4 Å². The van der Waals surface area contributed by atoms with Gasteiger partial charge in [0.1, 0.15) is 0 Å². The van der Waals surface area contributed by atoms with Crippen LogP contribution >= 0.6 is 0 Å². The van der Waals surface area contributed by atoms with Crippen LogP contribution in [0.25, 0.3) is 5.70 Å². The summed E-state index contributed by atoms with van der Waals surface area (Å²) in [4.78, 5) is 0. The Bertz CT molecular complexity index is 249. The molecule has 0 bridgehead atoms. The second-order valence-electron chi connectivity index (χ2n) is 2.35. The molecule has 0 fully saturated rings. The van der Waals surface area contributed by atoms with Crippen molar-refractivity contribution in [1.82, 2.24) is 5.32 Å². The van der Waals surface area contributed by atoms with Crippen LogP contribution < -0.4 is 11.1 Å². The first-order chi connectivity index (χ1) is 5.24. The maximum atomic E-state index is 5.52. The van der Waals surface area contributed by atoms with E-state index in [2.05, 4.69) is 11.9 Å². The van der Waals surface area contributed by atoms with E-state index in [9.17, 15) is 0 Å². The summed E-state index contributed by atoms with van der Waals surface area (Å²) in [6, 6.07) is 7.60. The molecule has 1 aromatic rings. The third-order valence-corrected chi connectivity index (χ3v) is 1.56. The van der Waals surface area contributed by atoms with Gasteiger partial charge >= 0.3 is 0 Å². The van der Waals surface area contributed by atoms with Gasteiger partial charge in [0, 0.05) is 18.4 Å². The molecule has 0 aliphatic carbocycles. The van der Waals surface area contributed by atoms with E-state index in [1.807, 2.05) is 31.3 Å². The fraction of sp³-hybridized carbons (Fsp3) is 0.111. The highest BCUT2D eigenvalue weighted by atomic mass is 14.8. The van der Waals surface area contributed by atoms with Crippen molar-refractivity contribution in [1.29, 1.82) is 0 Å². The topological polar surface area (TPSA) is 38.0 Å². The van der Waals surface area contributed by atoms with E-state index in [0.29, 0.717) is 0 Å². The van der Waals surface area contributed by atoms with Crippen molar-refractivity contribution < 1.29 is 0 Å². The summed E-state index contributed by atoms with van der Waals surface area (Å²) in [6.45, 7) is 3.82. The summed E-state index contributed by atoms with van der Waals surface area (Å²) in [5, 5.41) is 2.97. The maximum absolute atomic E-state index is 5.52. The second kappa shape index (κ2) is 3.10. The zero-order valence-corrected chi connectivity index (χ0v) is 6.59. The number of benzene rings is 1. The van der Waals surface area contributed by atoms with E-state index in [1.54, 1.807) is 0 Å². The fourth-order valence-corrected chi connectivity index (χ4v) is 0.829. The number of anilines is 1. The molecule has 0 radical (unpaired) electrons. The largest absolute Gasteiger partial charge is 0.399 e. The van der Waals surface area contributed by atoms with Gasteiger partial charge < -0.3 is 11.1 Å². The van der Waals surface area contributed by atoms with E-state index in [0.717, 1.165) is 16.9 Å². The highest BCUT2D eigenvalue weighted by Crippen LogP contribution is 2.10. The standard InChI is InChI=1S/C9H12N2/c1-7(11-2)8-3-5-9(10)6-4-8/h3-6,11H,1,10H2,2H3. The van der Waals surface area contributed by atoms with Gasteiger partial charge in [-0.2, -0.15) is 0 Å². The third kappa shape index (κ3) is 1.74. The highest BCUT2D eigenvalue weighted by molar-refractivity contribution is 5.63. The molecule has 0 spiro atoms. The third-order valence-electron chi connectivity index (χ3n) is 1.56. The minimum Gasteiger partial charge on any atom is -0.399 e. The zero-order valence-electron chi connectivity index (χ0n) is 6.59. The molecule has 0 saturated carbocycles. The van der Waals surface area contributed by atoms with Crippen LogP contribution in [0.4, 0.5) is 5.69 Å². The van der Waals surface area contributed by atoms with Crippen molar-refractivity contribution in [2.45, 2.75) is 0 Å². The normalized spacial score (nSPS) is 9.18. The lowest BCUT2D eigenvalue weighted by atomic mass is 10.1. The summed E-state index contributed by atoms with van der Waals surface area (Å²) >= 11 is 0. The fourth-order valence-electron chi connectivity index (χ4n) is 0.829. The van der Waals surface area contributed by atoms with Gasteiger partial charge in [-0.05, 0) is 17.7 Å². The average Bonchev–Trinajstić information content (AvgIpc) is 2.05. The smallest absolute Gasteiger partial charge is 0.0338 e. The van der Waals surface area contributed by atoms with Crippen LogP contribution in [0.5, 0.6) is 0 Å². The van der Waals surface area contributed by atoms with Gasteiger partial charge in [0.15, 0.2) is 0 Å². The van der Waals surface area contributed by atoms with Crippen LogP contribution in [0.2, 0.25) is 0 Å². The molecule has 2 heteroatoms. The number of nitrogens with two attached hydrogens (primary N) is 1. The quantitative estimate of drug-likeness (QED) is 0.623. The van der Waals surface area contributed by atoms with E-state index >= 15 is 0 Å². The molecule has 0 unspecified atom stereocenters. The molecule has 0 aliphatic heterocycles. The lowest BCUT2D eigenvalue weighted by Crippen LogP contribution is -2.02. The minimum atomic E-state index is 0.776. The minimum absolute atomic E-state index is 0.776. The number of rotatable bonds is 2. The van der Waals surface area contributed by atoms with E-state index in [1.165, 1.54) is 0 Å². The number of hydrogen-bond acceptors (Lipinski definition) is 2. The molecule has 0 saturated heterocycles. The maximum Gasteiger partial charge on any atom is 0.0338 e. The Morgan fingerprint density at radius 1 is 1.36 bits per heavy atom. The molecule has 11 heavy (non-hydrogen) atoms. The van der Waals surface area contributed by atoms with Crippen molar-refractivity contribution in [3.8, 4) is 0 Å². The van der Waals surface area contributed by atoms with Crippen molar-refractivity contribution in [2.75, 3.05) is 12.8 Å². The molecular formula is C9H12N2. The number of nitrogen functional groups attached to an aromatic ring is 1. The molecule has 3 N–H and O–H groups in total. The van der Waals surface area contributed by atoms with Gasteiger partial charge in [-0.3, -0.25) is 0 Å². The molecule has 0 aliphatic rings. The molecule has 0 heterocycles. The van der Waals surface area contributed by atoms with Crippen LogP contribution in [0, 0.1) is 0 Å². The summed E-state index contributed by atoms with van der Waals surface area (Å²) in [5.41, 5.74) is 8.27. The van der Waals surface area contributed by atoms with Gasteiger partial charge in [0.25, 0.3) is 0 Å². The van der Waals surface area contributed by atoms with Crippen LogP contribution in [-0.4, -0.2) is 7.05 Å². The zero-order chi connectivity index (χ0) is 8.27. The Balaban J connectivity index is 2.90. The highest BCUT2D eigenvalue weighted by Gasteiger charge is 1.93. The van der Waals surface area contributed by atoms with E-state index < -0.39 is 0 Å². The predicted octanol–water partition coefficient (Wildman–Crippen LogP) is 1.46. The Morgan fingerprint density at radius 3 is 2.36 bits per heavy atom. The Morgan fingerprint density at radius 2 is 1.91 bits per heavy atom. The van der Waals surface area contributed by atoms with Crippen LogP contribution in [0.3, 0.4) is 0 Å². The summed E-state index contributed by atoms with van der Waals surface area (Å²) in [6.07, 6.45) is 0. The van der Waals surface area contributed by atoms with Crippen LogP contribution in [0.15, 0.2) is 30.8 Å². The molecule has 58 valence electrons. The monoisotopic (exact) mass is 148 g/mol. The van der Waals surface area contributed by atoms with Gasteiger partial charge in [-0.15, -0.1) is 0 Å². The summed E-state index contributed by atoms with van der Waals surface area (Å²) in [5.74, 6) is 0. The predicted molar refractivity (Wildman–Crippen MR) is 48.9 cm³/mol. The van der Waals surface area contributed by atoms with Crippen LogP contribution in [0.1, 0.15) is 5.56 Å². The lowest BCUT2D eigenvalue weighted by molar-refractivity contribution is 1.13. The van der Waals surface area contributed by atoms with E-state index in [4.69, 9.17) is 5.73 Å². The average molecular weight is 148 g/mol. The molecule has 0 atom stereocenters. The van der Waals surface area contributed by atoms with Crippen molar-refractivity contribution >= 4 is 11.4 Å². The number of hydrogen-bond donors (Lipinski definition) is 2. The van der Waals surface area contributed by atoms with Crippen molar-refractivity contribution in [2.24, 2.45) is 0 Å². The van der Waals surface area contributed by atoms with Gasteiger partial charge in [-0.1, -0.05) is 18.7 Å². The molecule has 1 rings (SSSR count). The Labute approximate surface area is 66.7 Å². The Hall–Kier alpha value is -1.44. The number of nitrogens with one attached hydrogen (secondary N) is 1. The van der Waals surface area contributed by atoms with E-state index in [-0.39, 0.29) is 0 Å². The molecular weight excluding hydrogens is 136 g/mol. The van der Waals surface area contributed by atoms with Gasteiger partial charge in [0.2, 0.25) is 0 Å². The lowest BCUT2D eigenvalue weighted by Gasteiger charge is -2.03. The summed E-state index contributed by atoms with van der Waals surface area (Å²) in [7, 11) is 1.85. The SMILES string of the molecule is C=C(NC)c1ccc(N)cc1. The Kier molecular flexibility index (Phi) is 2.16. The van der Waals surface area contributed by atoms with Gasteiger partial charge in [-0.25, -0.2) is 0 Å². The second-order valence-corrected chi connectivity index (χ2v) is 2.35. The van der Waals surface area contributed by atoms with Crippen molar-refractivity contribution in [3.63, 3.8) is 0 Å². The van der Waals surface area contributed by atoms with Crippen LogP contribution in [-0.2, 0) is 0 Å². The van der Waals surface area contributed by atoms with Gasteiger partial charge in [0.05, 0.1) is 0 Å². The molecule has 1 aromatic carbocycles. The first-order valence-electron chi connectivity index (χ1n) is 3.46. The molecule has 0 aromatic heterocycles. The first-order valence-corrected chi connectivity index (χ1v) is 3.46.